The Bertz CT molecular complexity index is 772. The van der Waals surface area contributed by atoms with Crippen LogP contribution in [0.2, 0.25) is 0 Å². The van der Waals surface area contributed by atoms with Crippen LogP contribution < -0.4 is 16.4 Å². The normalized spacial score (nSPS) is 19.6. The molecule has 0 aromatic heterocycles. The van der Waals surface area contributed by atoms with E-state index in [2.05, 4.69) is 16.4 Å². The Kier molecular flexibility index (Phi) is 4.80. The van der Waals surface area contributed by atoms with Crippen molar-refractivity contribution >= 4 is 11.9 Å². The van der Waals surface area contributed by atoms with Gasteiger partial charge in [-0.1, -0.05) is 36.4 Å². The number of hydrogen-bond acceptors (Lipinski definition) is 5. The second kappa shape index (κ2) is 7.02. The standard InChI is InChI=1S/C18H20N4O3/c1-22(2)17(23)14-9-5-12(6-10-14)11-3-7-13(8-4-11)15-16(18(24)25)20-21-19-15/h3-10,15-16,19-21H,1-2H3,(H,24,25). The van der Waals surface area contributed by atoms with E-state index < -0.39 is 12.0 Å². The highest BCUT2D eigenvalue weighted by molar-refractivity contribution is 5.94. The molecule has 2 aromatic carbocycles. The molecule has 3 rings (SSSR count). The monoisotopic (exact) mass is 340 g/mol. The van der Waals surface area contributed by atoms with Crippen molar-refractivity contribution < 1.29 is 14.7 Å². The second-order valence-electron chi connectivity index (χ2n) is 6.11. The van der Waals surface area contributed by atoms with Crippen LogP contribution in [0.3, 0.4) is 0 Å². The van der Waals surface area contributed by atoms with Crippen LogP contribution in [-0.4, -0.2) is 42.0 Å². The van der Waals surface area contributed by atoms with Crippen molar-refractivity contribution in [3.63, 3.8) is 0 Å². The lowest BCUT2D eigenvalue weighted by Gasteiger charge is -2.15. The number of carbonyl (C=O) groups is 2. The number of carbonyl (C=O) groups excluding carboxylic acids is 1. The zero-order valence-electron chi connectivity index (χ0n) is 14.0. The van der Waals surface area contributed by atoms with Gasteiger partial charge in [0.2, 0.25) is 0 Å². The number of benzene rings is 2. The first-order valence-electron chi connectivity index (χ1n) is 7.88. The van der Waals surface area contributed by atoms with Gasteiger partial charge in [-0.15, -0.1) is 0 Å². The van der Waals surface area contributed by atoms with Crippen LogP contribution in [0, 0.1) is 0 Å². The first-order valence-corrected chi connectivity index (χ1v) is 7.88. The largest absolute Gasteiger partial charge is 0.480 e. The average Bonchev–Trinajstić information content (AvgIpc) is 3.11. The van der Waals surface area contributed by atoms with E-state index in [0.29, 0.717) is 5.56 Å². The molecule has 2 unspecified atom stereocenters. The number of aliphatic carboxylic acids is 1. The number of hydrazine groups is 2. The van der Waals surface area contributed by atoms with E-state index in [9.17, 15) is 14.7 Å². The van der Waals surface area contributed by atoms with Crippen molar-refractivity contribution in [2.75, 3.05) is 14.1 Å². The van der Waals surface area contributed by atoms with Crippen molar-refractivity contribution in [1.82, 2.24) is 21.3 Å². The molecule has 1 fully saturated rings. The molecule has 0 spiro atoms. The second-order valence-corrected chi connectivity index (χ2v) is 6.11. The lowest BCUT2D eigenvalue weighted by molar-refractivity contribution is -0.139. The summed E-state index contributed by atoms with van der Waals surface area (Å²) in [6, 6.07) is 14.0. The van der Waals surface area contributed by atoms with E-state index >= 15 is 0 Å². The van der Waals surface area contributed by atoms with Crippen molar-refractivity contribution in [2.45, 2.75) is 12.1 Å². The quantitative estimate of drug-likeness (QED) is 0.667. The van der Waals surface area contributed by atoms with E-state index in [1.807, 2.05) is 36.4 Å². The predicted molar refractivity (Wildman–Crippen MR) is 93.5 cm³/mol. The van der Waals surface area contributed by atoms with Gasteiger partial charge in [0.1, 0.15) is 6.04 Å². The highest BCUT2D eigenvalue weighted by atomic mass is 16.4. The molecule has 7 nitrogen and oxygen atoms in total. The fourth-order valence-electron chi connectivity index (χ4n) is 2.79. The summed E-state index contributed by atoms with van der Waals surface area (Å²) in [6.45, 7) is 0. The lowest BCUT2D eigenvalue weighted by atomic mass is 9.97. The van der Waals surface area contributed by atoms with Crippen LogP contribution in [-0.2, 0) is 4.79 Å². The SMILES string of the molecule is CN(C)C(=O)c1ccc(-c2ccc(C3NNNC3C(=O)O)cc2)cc1. The van der Waals surface area contributed by atoms with Gasteiger partial charge in [0.15, 0.2) is 0 Å². The molecule has 1 aliphatic rings. The predicted octanol–water partition coefficient (Wildman–Crippen LogP) is 1.16. The van der Waals surface area contributed by atoms with Gasteiger partial charge in [-0.3, -0.25) is 9.59 Å². The van der Waals surface area contributed by atoms with Crippen LogP contribution in [0.5, 0.6) is 0 Å². The summed E-state index contributed by atoms with van der Waals surface area (Å²) in [6.07, 6.45) is 0. The first kappa shape index (κ1) is 17.1. The zero-order valence-corrected chi connectivity index (χ0v) is 14.0. The van der Waals surface area contributed by atoms with Crippen molar-refractivity contribution in [3.05, 3.63) is 59.7 Å². The molecule has 7 heteroatoms. The van der Waals surface area contributed by atoms with Crippen LogP contribution >= 0.6 is 0 Å². The topological polar surface area (TPSA) is 93.7 Å². The molecular formula is C18H20N4O3. The molecule has 0 aliphatic carbocycles. The maximum atomic E-state index is 11.9. The molecule has 2 aromatic rings. The molecule has 0 bridgehead atoms. The molecule has 4 N–H and O–H groups in total. The molecule has 0 radical (unpaired) electrons. The number of nitrogens with zero attached hydrogens (tertiary/aromatic N) is 1. The molecule has 1 aliphatic heterocycles. The minimum absolute atomic E-state index is 0.0334. The number of carboxylic acid groups (broad SMARTS) is 1. The van der Waals surface area contributed by atoms with E-state index in [-0.39, 0.29) is 11.9 Å². The molecule has 25 heavy (non-hydrogen) atoms. The molecule has 0 saturated carbocycles. The molecule has 1 amide bonds. The van der Waals surface area contributed by atoms with Gasteiger partial charge in [0.05, 0.1) is 6.04 Å². The van der Waals surface area contributed by atoms with Gasteiger partial charge in [0.25, 0.3) is 5.91 Å². The summed E-state index contributed by atoms with van der Waals surface area (Å²) >= 11 is 0. The summed E-state index contributed by atoms with van der Waals surface area (Å²) < 4.78 is 0. The lowest BCUT2D eigenvalue weighted by Crippen LogP contribution is -2.38. The molecular weight excluding hydrogens is 320 g/mol. The zero-order chi connectivity index (χ0) is 18.0. The van der Waals surface area contributed by atoms with E-state index in [0.717, 1.165) is 16.7 Å². The van der Waals surface area contributed by atoms with Crippen molar-refractivity contribution in [2.24, 2.45) is 0 Å². The van der Waals surface area contributed by atoms with Gasteiger partial charge in [-0.05, 0) is 28.8 Å². The number of hydrogen-bond donors (Lipinski definition) is 4. The smallest absolute Gasteiger partial charge is 0.324 e. The van der Waals surface area contributed by atoms with Crippen LogP contribution in [0.4, 0.5) is 0 Å². The Labute approximate surface area is 145 Å². The Morgan fingerprint density at radius 1 is 0.920 bits per heavy atom. The summed E-state index contributed by atoms with van der Waals surface area (Å²) in [5.41, 5.74) is 11.7. The highest BCUT2D eigenvalue weighted by Gasteiger charge is 2.33. The molecule has 130 valence electrons. The van der Waals surface area contributed by atoms with Crippen LogP contribution in [0.25, 0.3) is 11.1 Å². The first-order chi connectivity index (χ1) is 12.0. The van der Waals surface area contributed by atoms with Crippen LogP contribution in [0.15, 0.2) is 48.5 Å². The summed E-state index contributed by atoms with van der Waals surface area (Å²) in [5.74, 6) is -0.957. The Hall–Kier alpha value is -2.74. The van der Waals surface area contributed by atoms with Gasteiger partial charge >= 0.3 is 5.97 Å². The number of nitrogens with one attached hydrogen (secondary N) is 3. The molecule has 1 saturated heterocycles. The van der Waals surface area contributed by atoms with Gasteiger partial charge < -0.3 is 10.0 Å². The minimum atomic E-state index is -0.923. The van der Waals surface area contributed by atoms with Gasteiger partial charge in [-0.2, -0.15) is 5.53 Å². The van der Waals surface area contributed by atoms with Crippen molar-refractivity contribution in [1.29, 1.82) is 0 Å². The third kappa shape index (κ3) is 3.53. The number of amides is 1. The third-order valence-corrected chi connectivity index (χ3v) is 4.20. The average molecular weight is 340 g/mol. The van der Waals surface area contributed by atoms with Crippen molar-refractivity contribution in [3.8, 4) is 11.1 Å². The van der Waals surface area contributed by atoms with E-state index in [1.165, 1.54) is 0 Å². The highest BCUT2D eigenvalue weighted by Crippen LogP contribution is 2.25. The summed E-state index contributed by atoms with van der Waals surface area (Å²) in [5, 5.41) is 9.21. The fraction of sp³-hybridized carbons (Fsp3) is 0.222. The van der Waals surface area contributed by atoms with E-state index in [1.54, 1.807) is 31.1 Å². The minimum Gasteiger partial charge on any atom is -0.480 e. The fourth-order valence-corrected chi connectivity index (χ4v) is 2.79. The van der Waals surface area contributed by atoms with Crippen LogP contribution in [0.1, 0.15) is 22.0 Å². The Morgan fingerprint density at radius 2 is 1.48 bits per heavy atom. The maximum Gasteiger partial charge on any atom is 0.324 e. The van der Waals surface area contributed by atoms with E-state index in [4.69, 9.17) is 0 Å². The summed E-state index contributed by atoms with van der Waals surface area (Å²) in [4.78, 5) is 24.7. The number of rotatable bonds is 4. The summed E-state index contributed by atoms with van der Waals surface area (Å²) in [7, 11) is 3.44. The molecule has 2 atom stereocenters. The maximum absolute atomic E-state index is 11.9. The van der Waals surface area contributed by atoms with Gasteiger partial charge in [0, 0.05) is 19.7 Å². The Morgan fingerprint density at radius 3 is 2.00 bits per heavy atom. The Balaban J connectivity index is 1.78. The molecule has 1 heterocycles. The van der Waals surface area contributed by atoms with Gasteiger partial charge in [-0.25, -0.2) is 10.9 Å². The third-order valence-electron chi connectivity index (χ3n) is 4.20. The number of carboxylic acids is 1.